The molecular formula is C11H21Br. The molecule has 0 aliphatic heterocycles. The van der Waals surface area contributed by atoms with Crippen LogP contribution in [0, 0.1) is 11.8 Å². The van der Waals surface area contributed by atoms with Gasteiger partial charge in [-0.15, -0.1) is 0 Å². The second-order valence-electron chi connectivity index (χ2n) is 4.07. The van der Waals surface area contributed by atoms with Gasteiger partial charge in [-0.05, 0) is 11.8 Å². The van der Waals surface area contributed by atoms with E-state index in [1.54, 1.807) is 0 Å². The first-order chi connectivity index (χ1) is 5.88. The van der Waals surface area contributed by atoms with Crippen LogP contribution in [0.3, 0.4) is 0 Å². The molecule has 1 rings (SSSR count). The highest BCUT2D eigenvalue weighted by Crippen LogP contribution is 2.31. The average molecular weight is 233 g/mol. The van der Waals surface area contributed by atoms with Crippen LogP contribution in [0.1, 0.15) is 51.9 Å². The summed E-state index contributed by atoms with van der Waals surface area (Å²) in [5.41, 5.74) is 0. The molecule has 0 aromatic rings. The summed E-state index contributed by atoms with van der Waals surface area (Å²) < 4.78 is 0. The van der Waals surface area contributed by atoms with Crippen molar-refractivity contribution < 1.29 is 0 Å². The summed E-state index contributed by atoms with van der Waals surface area (Å²) in [5, 5.41) is 1.22. The van der Waals surface area contributed by atoms with Crippen molar-refractivity contribution in [1.82, 2.24) is 0 Å². The molecule has 0 radical (unpaired) electrons. The lowest BCUT2D eigenvalue weighted by molar-refractivity contribution is 0.319. The van der Waals surface area contributed by atoms with E-state index in [4.69, 9.17) is 0 Å². The molecule has 0 heterocycles. The third-order valence-corrected chi connectivity index (χ3v) is 4.12. The largest absolute Gasteiger partial charge is 0.0925 e. The van der Waals surface area contributed by atoms with E-state index in [1.165, 1.54) is 50.3 Å². The zero-order valence-electron chi connectivity index (χ0n) is 8.19. The SMILES string of the molecule is CCC(CBr)C1CCCCCC1. The maximum absolute atomic E-state index is 3.64. The maximum Gasteiger partial charge on any atom is 0.00622 e. The summed E-state index contributed by atoms with van der Waals surface area (Å²) in [6.45, 7) is 2.33. The van der Waals surface area contributed by atoms with Crippen LogP contribution in [-0.4, -0.2) is 5.33 Å². The van der Waals surface area contributed by atoms with Crippen molar-refractivity contribution in [2.75, 3.05) is 5.33 Å². The van der Waals surface area contributed by atoms with Gasteiger partial charge in [-0.1, -0.05) is 67.8 Å². The summed E-state index contributed by atoms with van der Waals surface area (Å²) in [7, 11) is 0. The number of alkyl halides is 1. The minimum Gasteiger partial charge on any atom is -0.0925 e. The standard InChI is InChI=1S/C11H21Br/c1-2-10(9-12)11-7-5-3-4-6-8-11/h10-11H,2-9H2,1H3. The molecular weight excluding hydrogens is 212 g/mol. The van der Waals surface area contributed by atoms with Crippen LogP contribution >= 0.6 is 15.9 Å². The third kappa shape index (κ3) is 3.08. The Kier molecular flexibility index (Phi) is 5.29. The van der Waals surface area contributed by atoms with Crippen molar-refractivity contribution in [3.05, 3.63) is 0 Å². The van der Waals surface area contributed by atoms with E-state index in [0.717, 1.165) is 11.8 Å². The Hall–Kier alpha value is 0.480. The minimum atomic E-state index is 0.947. The molecule has 1 fully saturated rings. The van der Waals surface area contributed by atoms with Crippen LogP contribution in [0.25, 0.3) is 0 Å². The van der Waals surface area contributed by atoms with Gasteiger partial charge in [0.15, 0.2) is 0 Å². The first-order valence-electron chi connectivity index (χ1n) is 5.44. The van der Waals surface area contributed by atoms with Crippen LogP contribution < -0.4 is 0 Å². The molecule has 72 valence electrons. The van der Waals surface area contributed by atoms with Crippen molar-refractivity contribution in [3.8, 4) is 0 Å². The van der Waals surface area contributed by atoms with Gasteiger partial charge in [-0.2, -0.15) is 0 Å². The molecule has 0 aromatic carbocycles. The van der Waals surface area contributed by atoms with E-state index < -0.39 is 0 Å². The van der Waals surface area contributed by atoms with Gasteiger partial charge < -0.3 is 0 Å². The number of hydrogen-bond acceptors (Lipinski definition) is 0. The number of rotatable bonds is 3. The summed E-state index contributed by atoms with van der Waals surface area (Å²) >= 11 is 3.64. The van der Waals surface area contributed by atoms with Gasteiger partial charge in [0.1, 0.15) is 0 Å². The molecule has 0 saturated heterocycles. The first kappa shape index (κ1) is 10.6. The van der Waals surface area contributed by atoms with E-state index in [1.807, 2.05) is 0 Å². The molecule has 1 aliphatic carbocycles. The van der Waals surface area contributed by atoms with Gasteiger partial charge in [0.2, 0.25) is 0 Å². The predicted octanol–water partition coefficient (Wildman–Crippen LogP) is 4.38. The van der Waals surface area contributed by atoms with Crippen LogP contribution in [0.5, 0.6) is 0 Å². The summed E-state index contributed by atoms with van der Waals surface area (Å²) in [6.07, 6.45) is 10.3. The highest BCUT2D eigenvalue weighted by Gasteiger charge is 2.19. The van der Waals surface area contributed by atoms with Gasteiger partial charge in [0.05, 0.1) is 0 Å². The Labute approximate surface area is 85.3 Å². The third-order valence-electron chi connectivity index (χ3n) is 3.29. The van der Waals surface area contributed by atoms with E-state index >= 15 is 0 Å². The molecule has 0 aromatic heterocycles. The van der Waals surface area contributed by atoms with Gasteiger partial charge in [-0.25, -0.2) is 0 Å². The summed E-state index contributed by atoms with van der Waals surface area (Å²) in [4.78, 5) is 0. The van der Waals surface area contributed by atoms with Crippen LogP contribution in [0.4, 0.5) is 0 Å². The van der Waals surface area contributed by atoms with E-state index in [2.05, 4.69) is 22.9 Å². The molecule has 0 nitrogen and oxygen atoms in total. The number of hydrogen-bond donors (Lipinski definition) is 0. The monoisotopic (exact) mass is 232 g/mol. The van der Waals surface area contributed by atoms with Crippen molar-refractivity contribution in [2.45, 2.75) is 51.9 Å². The van der Waals surface area contributed by atoms with Crippen LogP contribution in [-0.2, 0) is 0 Å². The molecule has 1 heteroatoms. The second-order valence-corrected chi connectivity index (χ2v) is 4.72. The average Bonchev–Trinajstić information content (AvgIpc) is 2.35. The molecule has 0 N–H and O–H groups in total. The quantitative estimate of drug-likeness (QED) is 0.501. The molecule has 0 bridgehead atoms. The Morgan fingerprint density at radius 2 is 1.75 bits per heavy atom. The van der Waals surface area contributed by atoms with Crippen LogP contribution in [0.2, 0.25) is 0 Å². The maximum atomic E-state index is 3.64. The Morgan fingerprint density at radius 3 is 2.17 bits per heavy atom. The summed E-state index contributed by atoms with van der Waals surface area (Å²) in [6, 6.07) is 0. The highest BCUT2D eigenvalue weighted by atomic mass is 79.9. The second kappa shape index (κ2) is 6.01. The smallest absolute Gasteiger partial charge is 0.00622 e. The first-order valence-corrected chi connectivity index (χ1v) is 6.56. The van der Waals surface area contributed by atoms with E-state index in [0.29, 0.717) is 0 Å². The lowest BCUT2D eigenvalue weighted by Crippen LogP contribution is -2.14. The molecule has 1 unspecified atom stereocenters. The Balaban J connectivity index is 2.35. The van der Waals surface area contributed by atoms with Gasteiger partial charge in [0.25, 0.3) is 0 Å². The topological polar surface area (TPSA) is 0 Å². The zero-order valence-corrected chi connectivity index (χ0v) is 9.78. The van der Waals surface area contributed by atoms with Crippen molar-refractivity contribution in [3.63, 3.8) is 0 Å². The summed E-state index contributed by atoms with van der Waals surface area (Å²) in [5.74, 6) is 1.97. The minimum absolute atomic E-state index is 0.947. The molecule has 1 atom stereocenters. The molecule has 12 heavy (non-hydrogen) atoms. The van der Waals surface area contributed by atoms with Gasteiger partial charge in [-0.3, -0.25) is 0 Å². The lowest BCUT2D eigenvalue weighted by atomic mass is 9.86. The zero-order chi connectivity index (χ0) is 8.81. The molecule has 1 aliphatic rings. The van der Waals surface area contributed by atoms with Crippen molar-refractivity contribution in [2.24, 2.45) is 11.8 Å². The predicted molar refractivity (Wildman–Crippen MR) is 58.8 cm³/mol. The number of halogens is 1. The van der Waals surface area contributed by atoms with Crippen LogP contribution in [0.15, 0.2) is 0 Å². The van der Waals surface area contributed by atoms with Gasteiger partial charge in [0, 0.05) is 5.33 Å². The highest BCUT2D eigenvalue weighted by molar-refractivity contribution is 9.09. The van der Waals surface area contributed by atoms with Crippen molar-refractivity contribution >= 4 is 15.9 Å². The molecule has 1 saturated carbocycles. The fraction of sp³-hybridized carbons (Fsp3) is 1.00. The Bertz CT molecular complexity index is 99.6. The van der Waals surface area contributed by atoms with Gasteiger partial charge >= 0.3 is 0 Å². The van der Waals surface area contributed by atoms with E-state index in [-0.39, 0.29) is 0 Å². The molecule has 0 amide bonds. The lowest BCUT2D eigenvalue weighted by Gasteiger charge is -2.22. The Morgan fingerprint density at radius 1 is 1.17 bits per heavy atom. The fourth-order valence-corrected chi connectivity index (χ4v) is 3.34. The fourth-order valence-electron chi connectivity index (χ4n) is 2.35. The van der Waals surface area contributed by atoms with E-state index in [9.17, 15) is 0 Å². The van der Waals surface area contributed by atoms with Crippen molar-refractivity contribution in [1.29, 1.82) is 0 Å². The molecule has 0 spiro atoms. The normalized spacial score (nSPS) is 23.5.